The van der Waals surface area contributed by atoms with Gasteiger partial charge in [0.15, 0.2) is 0 Å². The molecule has 0 unspecified atom stereocenters. The monoisotopic (exact) mass is 404 g/mol. The number of methoxy groups -OCH3 is 2. The van der Waals surface area contributed by atoms with Crippen molar-refractivity contribution in [1.29, 1.82) is 0 Å². The first-order chi connectivity index (χ1) is 11.3. The van der Waals surface area contributed by atoms with Crippen molar-refractivity contribution in [2.45, 2.75) is 40.5 Å². The van der Waals surface area contributed by atoms with Crippen molar-refractivity contribution >= 4 is 11.4 Å². The van der Waals surface area contributed by atoms with Crippen molar-refractivity contribution in [1.82, 2.24) is 0 Å². The van der Waals surface area contributed by atoms with E-state index in [1.165, 1.54) is 26.0 Å². The molecule has 6 nitrogen and oxygen atoms in total. The Morgan fingerprint density at radius 3 is 1.32 bits per heavy atom. The summed E-state index contributed by atoms with van der Waals surface area (Å²) < 4.78 is 9.72. The first kappa shape index (κ1) is 28.8. The number of aliphatic imine (C=N–C) groups is 2. The van der Waals surface area contributed by atoms with Crippen molar-refractivity contribution in [3.05, 3.63) is 23.7 Å². The summed E-state index contributed by atoms with van der Waals surface area (Å²) in [5, 5.41) is 21.2. The molecule has 0 aromatic rings. The number of hydrogen-bond donors (Lipinski definition) is 0. The summed E-state index contributed by atoms with van der Waals surface area (Å²) in [6.45, 7) is 9.59. The van der Waals surface area contributed by atoms with Crippen LogP contribution in [-0.2, 0) is 29.0 Å². The molecule has 0 saturated carbocycles. The van der Waals surface area contributed by atoms with Crippen LogP contribution in [0.25, 0.3) is 0 Å². The molecule has 0 bridgehead atoms. The van der Waals surface area contributed by atoms with Crippen LogP contribution in [0.1, 0.15) is 40.5 Å². The second-order valence-electron chi connectivity index (χ2n) is 5.25. The van der Waals surface area contributed by atoms with E-state index in [9.17, 15) is 10.2 Å². The fourth-order valence-corrected chi connectivity index (χ4v) is 1.61. The third kappa shape index (κ3) is 28.1. The van der Waals surface area contributed by atoms with E-state index < -0.39 is 0 Å². The summed E-state index contributed by atoms with van der Waals surface area (Å²) >= 11 is 0. The fraction of sp³-hybridized carbons (Fsp3) is 0.667. The van der Waals surface area contributed by atoms with Crippen molar-refractivity contribution in [2.75, 3.05) is 40.5 Å². The van der Waals surface area contributed by atoms with Gasteiger partial charge in [0, 0.05) is 51.9 Å². The number of allylic oxidation sites excluding steroid dienone is 4. The van der Waals surface area contributed by atoms with Crippen molar-refractivity contribution < 1.29 is 39.2 Å². The maximum Gasteiger partial charge on any atom is 2.00 e. The van der Waals surface area contributed by atoms with Crippen molar-refractivity contribution in [3.8, 4) is 0 Å². The van der Waals surface area contributed by atoms with Gasteiger partial charge in [0.25, 0.3) is 0 Å². The molecule has 0 saturated heterocycles. The van der Waals surface area contributed by atoms with Gasteiger partial charge in [-0.3, -0.25) is 9.98 Å². The normalized spacial score (nSPS) is 13.0. The molecule has 0 rings (SSSR count). The van der Waals surface area contributed by atoms with Gasteiger partial charge < -0.3 is 19.7 Å². The molecule has 0 heterocycles. The molecule has 0 fully saturated rings. The average Bonchev–Trinajstić information content (AvgIpc) is 2.47. The largest absolute Gasteiger partial charge is 2.00 e. The molecular weight excluding hydrogens is 374 g/mol. The van der Waals surface area contributed by atoms with E-state index in [1.54, 1.807) is 14.2 Å². The quantitative estimate of drug-likeness (QED) is 0.238. The van der Waals surface area contributed by atoms with Gasteiger partial charge in [-0.25, -0.2) is 0 Å². The average molecular weight is 406 g/mol. The van der Waals surface area contributed by atoms with Gasteiger partial charge in [0.2, 0.25) is 0 Å². The van der Waals surface area contributed by atoms with Crippen LogP contribution in [0.5, 0.6) is 0 Å². The van der Waals surface area contributed by atoms with Gasteiger partial charge in [-0.05, 0) is 26.7 Å². The van der Waals surface area contributed by atoms with Crippen LogP contribution < -0.4 is 10.2 Å². The molecular formula is C18H32N2O4Zn. The van der Waals surface area contributed by atoms with E-state index in [0.29, 0.717) is 0 Å². The molecule has 0 aliphatic rings. The maximum atomic E-state index is 10.6. The van der Waals surface area contributed by atoms with Crippen molar-refractivity contribution in [2.24, 2.45) is 9.98 Å². The van der Waals surface area contributed by atoms with Gasteiger partial charge in [0.1, 0.15) is 0 Å². The van der Waals surface area contributed by atoms with E-state index in [2.05, 4.69) is 9.98 Å². The minimum Gasteiger partial charge on any atom is -0.876 e. The van der Waals surface area contributed by atoms with Gasteiger partial charge in [0.05, 0.1) is 0 Å². The summed E-state index contributed by atoms with van der Waals surface area (Å²) in [6, 6.07) is 0. The first-order valence-corrected chi connectivity index (χ1v) is 8.04. The third-order valence-electron chi connectivity index (χ3n) is 2.56. The molecule has 140 valence electrons. The Hall–Kier alpha value is -1.04. The second kappa shape index (κ2) is 21.0. The predicted octanol–water partition coefficient (Wildman–Crippen LogP) is 1.49. The van der Waals surface area contributed by atoms with E-state index in [1.807, 2.05) is 13.8 Å². The molecule has 25 heavy (non-hydrogen) atoms. The molecule has 0 N–H and O–H groups in total. The summed E-state index contributed by atoms with van der Waals surface area (Å²) in [7, 11) is 3.33. The molecule has 0 aliphatic heterocycles. The van der Waals surface area contributed by atoms with E-state index in [4.69, 9.17) is 9.47 Å². The van der Waals surface area contributed by atoms with Gasteiger partial charge in [-0.1, -0.05) is 26.0 Å². The molecule has 0 amide bonds. The van der Waals surface area contributed by atoms with Crippen LogP contribution in [0.4, 0.5) is 0 Å². The molecule has 0 aromatic carbocycles. The van der Waals surface area contributed by atoms with Crippen LogP contribution >= 0.6 is 0 Å². The van der Waals surface area contributed by atoms with E-state index in [0.717, 1.165) is 50.6 Å². The summed E-state index contributed by atoms with van der Waals surface area (Å²) in [5.74, 6) is 0.0889. The standard InChI is InChI=1S/2C9H17NO2.Zn/c2*1-8(7-9(2)11)10-5-4-6-12-3;/h2*7,11H,4-6H2,1-3H3;/q;;+2/p-2/b2*9-7-,10-8?;. The Bertz CT molecular complexity index is 385. The number of nitrogens with zero attached hydrogens (tertiary/aromatic N) is 2. The Morgan fingerprint density at radius 2 is 1.08 bits per heavy atom. The Morgan fingerprint density at radius 1 is 0.760 bits per heavy atom. The third-order valence-corrected chi connectivity index (χ3v) is 2.56. The van der Waals surface area contributed by atoms with Crippen molar-refractivity contribution in [3.63, 3.8) is 0 Å². The van der Waals surface area contributed by atoms with Crippen LogP contribution in [0, 0.1) is 0 Å². The maximum absolute atomic E-state index is 10.6. The SMILES string of the molecule is COCCCN=C(C)/C=C(/C)[O-].COCCCN=C(C)/C=C(/C)[O-].[Zn+2]. The van der Waals surface area contributed by atoms with Crippen LogP contribution in [0.3, 0.4) is 0 Å². The summed E-state index contributed by atoms with van der Waals surface area (Å²) in [6.07, 6.45) is 4.87. The predicted molar refractivity (Wildman–Crippen MR) is 96.5 cm³/mol. The molecule has 0 radical (unpaired) electrons. The van der Waals surface area contributed by atoms with Crippen LogP contribution in [0.15, 0.2) is 33.7 Å². The minimum absolute atomic E-state index is 0. The van der Waals surface area contributed by atoms with Gasteiger partial charge in [-0.15, -0.1) is 11.5 Å². The summed E-state index contributed by atoms with van der Waals surface area (Å²) in [5.41, 5.74) is 1.58. The Balaban J connectivity index is -0.000000372. The Kier molecular flexibility index (Phi) is 24.2. The topological polar surface area (TPSA) is 89.3 Å². The number of hydrogen-bond acceptors (Lipinski definition) is 6. The van der Waals surface area contributed by atoms with E-state index >= 15 is 0 Å². The zero-order valence-corrected chi connectivity index (χ0v) is 19.6. The van der Waals surface area contributed by atoms with E-state index in [-0.39, 0.29) is 31.0 Å². The number of rotatable bonds is 10. The Labute approximate surface area is 165 Å². The molecule has 0 atom stereocenters. The second-order valence-corrected chi connectivity index (χ2v) is 5.25. The fourth-order valence-electron chi connectivity index (χ4n) is 1.61. The molecule has 0 spiro atoms. The minimum atomic E-state index is 0. The summed E-state index contributed by atoms with van der Waals surface area (Å²) in [4.78, 5) is 8.32. The van der Waals surface area contributed by atoms with Crippen LogP contribution in [-0.4, -0.2) is 51.9 Å². The van der Waals surface area contributed by atoms with Gasteiger partial charge in [-0.2, -0.15) is 0 Å². The first-order valence-electron chi connectivity index (χ1n) is 8.04. The zero-order chi connectivity index (χ0) is 18.8. The van der Waals surface area contributed by atoms with Crippen LogP contribution in [0.2, 0.25) is 0 Å². The van der Waals surface area contributed by atoms with Gasteiger partial charge >= 0.3 is 19.5 Å². The smallest absolute Gasteiger partial charge is 0.876 e. The molecule has 0 aliphatic carbocycles. The molecule has 0 aromatic heterocycles. The number of ether oxygens (including phenoxy) is 2. The molecule has 7 heteroatoms. The zero-order valence-electron chi connectivity index (χ0n) is 16.6.